The number of aromatic amines is 1. The molecule has 0 aliphatic rings. The fourth-order valence-electron chi connectivity index (χ4n) is 1.07. The van der Waals surface area contributed by atoms with Crippen LogP contribution >= 0.6 is 11.3 Å². The number of amides is 1. The number of ether oxygens (including phenoxy) is 1. The number of hydrogen-bond donors (Lipinski definition) is 2. The number of carbonyl (C=O) groups is 1. The second kappa shape index (κ2) is 5.46. The first-order valence-corrected chi connectivity index (χ1v) is 5.59. The van der Waals surface area contributed by atoms with Crippen molar-refractivity contribution in [3.8, 4) is 0 Å². The second-order valence-corrected chi connectivity index (χ2v) is 4.09. The van der Waals surface area contributed by atoms with Gasteiger partial charge in [0.2, 0.25) is 11.0 Å². The Kier molecular flexibility index (Phi) is 3.73. The Balaban J connectivity index is 1.95. The van der Waals surface area contributed by atoms with E-state index in [1.807, 2.05) is 0 Å². The lowest BCUT2D eigenvalue weighted by atomic mass is 10.5. The standard InChI is InChI=1S/C8H10N6O2S/c1-16-3-2-5-12-14-8(17-5)11-7(15)6-9-4-10-13-6/h4H,2-3H2,1H3,(H,9,10,13)(H,11,14,15). The lowest BCUT2D eigenvalue weighted by Gasteiger charge is -1.95. The van der Waals surface area contributed by atoms with E-state index >= 15 is 0 Å². The highest BCUT2D eigenvalue weighted by atomic mass is 32.1. The number of anilines is 1. The van der Waals surface area contributed by atoms with Crippen molar-refractivity contribution in [3.05, 3.63) is 17.2 Å². The SMILES string of the molecule is COCCc1nnc(NC(=O)c2ncn[nH]2)s1. The molecule has 2 N–H and O–H groups in total. The molecule has 2 aromatic rings. The van der Waals surface area contributed by atoms with Crippen molar-refractivity contribution in [1.29, 1.82) is 0 Å². The minimum Gasteiger partial charge on any atom is -0.384 e. The van der Waals surface area contributed by atoms with Gasteiger partial charge in [-0.1, -0.05) is 11.3 Å². The van der Waals surface area contributed by atoms with Crippen molar-refractivity contribution < 1.29 is 9.53 Å². The van der Waals surface area contributed by atoms with Crippen molar-refractivity contribution in [3.63, 3.8) is 0 Å². The summed E-state index contributed by atoms with van der Waals surface area (Å²) in [6.07, 6.45) is 1.94. The van der Waals surface area contributed by atoms with Crippen LogP contribution in [0.3, 0.4) is 0 Å². The molecule has 1 amide bonds. The highest BCUT2D eigenvalue weighted by Gasteiger charge is 2.12. The summed E-state index contributed by atoms with van der Waals surface area (Å²) in [5, 5.41) is 17.6. The Morgan fingerprint density at radius 2 is 2.47 bits per heavy atom. The van der Waals surface area contributed by atoms with E-state index in [1.54, 1.807) is 7.11 Å². The highest BCUT2D eigenvalue weighted by molar-refractivity contribution is 7.15. The van der Waals surface area contributed by atoms with Crippen molar-refractivity contribution in [2.45, 2.75) is 6.42 Å². The fraction of sp³-hybridized carbons (Fsp3) is 0.375. The van der Waals surface area contributed by atoms with Gasteiger partial charge in [-0.2, -0.15) is 5.10 Å². The highest BCUT2D eigenvalue weighted by Crippen LogP contribution is 2.15. The number of hydrogen-bond acceptors (Lipinski definition) is 7. The summed E-state index contributed by atoms with van der Waals surface area (Å²) in [6, 6.07) is 0. The van der Waals surface area contributed by atoms with Crippen LogP contribution in [0.5, 0.6) is 0 Å². The number of rotatable bonds is 5. The molecular formula is C8H10N6O2S. The van der Waals surface area contributed by atoms with Crippen molar-refractivity contribution in [2.24, 2.45) is 0 Å². The van der Waals surface area contributed by atoms with Gasteiger partial charge in [-0.05, 0) is 0 Å². The van der Waals surface area contributed by atoms with Gasteiger partial charge in [-0.15, -0.1) is 10.2 Å². The number of methoxy groups -OCH3 is 1. The Labute approximate surface area is 100 Å². The van der Waals surface area contributed by atoms with E-state index < -0.39 is 5.91 Å². The average molecular weight is 254 g/mol. The van der Waals surface area contributed by atoms with Crippen LogP contribution < -0.4 is 5.32 Å². The van der Waals surface area contributed by atoms with Crippen LogP contribution in [-0.2, 0) is 11.2 Å². The predicted octanol–water partition coefficient (Wildman–Crippen LogP) is 0.0974. The monoisotopic (exact) mass is 254 g/mol. The van der Waals surface area contributed by atoms with E-state index in [1.165, 1.54) is 17.7 Å². The van der Waals surface area contributed by atoms with Crippen molar-refractivity contribution in [2.75, 3.05) is 19.0 Å². The van der Waals surface area contributed by atoms with Crippen LogP contribution in [-0.4, -0.2) is 45.0 Å². The zero-order valence-electron chi connectivity index (χ0n) is 9.01. The largest absolute Gasteiger partial charge is 0.384 e. The molecule has 0 spiro atoms. The summed E-state index contributed by atoms with van der Waals surface area (Å²) in [4.78, 5) is 15.3. The predicted molar refractivity (Wildman–Crippen MR) is 59.8 cm³/mol. The maximum Gasteiger partial charge on any atom is 0.294 e. The fourth-order valence-corrected chi connectivity index (χ4v) is 1.78. The van der Waals surface area contributed by atoms with Gasteiger partial charge in [0.15, 0.2) is 0 Å². The van der Waals surface area contributed by atoms with Crippen LogP contribution in [0.25, 0.3) is 0 Å². The Morgan fingerprint density at radius 1 is 1.59 bits per heavy atom. The summed E-state index contributed by atoms with van der Waals surface area (Å²) >= 11 is 1.30. The molecule has 0 aliphatic heterocycles. The van der Waals surface area contributed by atoms with E-state index in [0.29, 0.717) is 18.2 Å². The van der Waals surface area contributed by atoms with Gasteiger partial charge < -0.3 is 4.74 Å². The Bertz CT molecular complexity index is 482. The number of aromatic nitrogens is 5. The third-order valence-electron chi connectivity index (χ3n) is 1.84. The van der Waals surface area contributed by atoms with Crippen LogP contribution in [0.1, 0.15) is 15.6 Å². The lowest BCUT2D eigenvalue weighted by Crippen LogP contribution is -2.13. The summed E-state index contributed by atoms with van der Waals surface area (Å²) < 4.78 is 4.92. The molecule has 0 saturated carbocycles. The van der Waals surface area contributed by atoms with Gasteiger partial charge in [-0.3, -0.25) is 15.2 Å². The number of H-pyrrole nitrogens is 1. The molecule has 0 atom stereocenters. The zero-order chi connectivity index (χ0) is 12.1. The van der Waals surface area contributed by atoms with E-state index in [4.69, 9.17) is 4.74 Å². The molecule has 0 aromatic carbocycles. The number of nitrogens with zero attached hydrogens (tertiary/aromatic N) is 4. The third-order valence-corrected chi connectivity index (χ3v) is 2.74. The molecule has 17 heavy (non-hydrogen) atoms. The molecule has 0 fully saturated rings. The molecule has 0 bridgehead atoms. The van der Waals surface area contributed by atoms with Gasteiger partial charge in [0.1, 0.15) is 11.3 Å². The molecule has 0 radical (unpaired) electrons. The molecule has 9 heteroatoms. The van der Waals surface area contributed by atoms with Crippen molar-refractivity contribution >= 4 is 22.4 Å². The van der Waals surface area contributed by atoms with E-state index in [-0.39, 0.29) is 5.82 Å². The number of nitrogens with one attached hydrogen (secondary N) is 2. The average Bonchev–Trinajstić information content (AvgIpc) is 2.97. The van der Waals surface area contributed by atoms with Crippen LogP contribution in [0, 0.1) is 0 Å². The molecule has 2 heterocycles. The maximum absolute atomic E-state index is 11.6. The Hall–Kier alpha value is -1.87. The first kappa shape index (κ1) is 11.6. The molecule has 0 saturated heterocycles. The molecule has 2 aromatic heterocycles. The quantitative estimate of drug-likeness (QED) is 0.783. The van der Waals surface area contributed by atoms with Gasteiger partial charge in [0, 0.05) is 13.5 Å². The van der Waals surface area contributed by atoms with Crippen LogP contribution in [0.15, 0.2) is 6.33 Å². The summed E-state index contributed by atoms with van der Waals surface area (Å²) in [5.41, 5.74) is 0. The van der Waals surface area contributed by atoms with Crippen molar-refractivity contribution in [1.82, 2.24) is 25.4 Å². The second-order valence-electron chi connectivity index (χ2n) is 3.03. The molecule has 8 nitrogen and oxygen atoms in total. The first-order chi connectivity index (χ1) is 8.29. The third kappa shape index (κ3) is 3.04. The van der Waals surface area contributed by atoms with Gasteiger partial charge >= 0.3 is 0 Å². The van der Waals surface area contributed by atoms with E-state index in [9.17, 15) is 4.79 Å². The summed E-state index contributed by atoms with van der Waals surface area (Å²) in [7, 11) is 1.62. The topological polar surface area (TPSA) is 106 Å². The van der Waals surface area contributed by atoms with E-state index in [2.05, 4.69) is 30.7 Å². The van der Waals surface area contributed by atoms with Gasteiger partial charge in [0.25, 0.3) is 5.91 Å². The number of carbonyl (C=O) groups excluding carboxylic acids is 1. The maximum atomic E-state index is 11.6. The normalized spacial score (nSPS) is 10.4. The van der Waals surface area contributed by atoms with E-state index in [0.717, 1.165) is 5.01 Å². The van der Waals surface area contributed by atoms with Gasteiger partial charge in [-0.25, -0.2) is 4.98 Å². The minimum atomic E-state index is -0.392. The first-order valence-electron chi connectivity index (χ1n) is 4.77. The summed E-state index contributed by atoms with van der Waals surface area (Å²) in [5.74, 6) is -0.254. The smallest absolute Gasteiger partial charge is 0.294 e. The van der Waals surface area contributed by atoms with Gasteiger partial charge in [0.05, 0.1) is 6.61 Å². The minimum absolute atomic E-state index is 0.138. The zero-order valence-corrected chi connectivity index (χ0v) is 9.82. The van der Waals surface area contributed by atoms with Crippen LogP contribution in [0.4, 0.5) is 5.13 Å². The lowest BCUT2D eigenvalue weighted by molar-refractivity contribution is 0.101. The molecule has 0 unspecified atom stereocenters. The molecule has 90 valence electrons. The summed E-state index contributed by atoms with van der Waals surface area (Å²) in [6.45, 7) is 0.574. The van der Waals surface area contributed by atoms with Crippen LogP contribution in [0.2, 0.25) is 0 Å². The molecule has 2 rings (SSSR count). The molecular weight excluding hydrogens is 244 g/mol. The molecule has 0 aliphatic carbocycles. The Morgan fingerprint density at radius 3 is 3.18 bits per heavy atom.